The van der Waals surface area contributed by atoms with Crippen molar-refractivity contribution in [1.82, 2.24) is 4.57 Å². The van der Waals surface area contributed by atoms with Gasteiger partial charge in [-0.05, 0) is 24.3 Å². The predicted octanol–water partition coefficient (Wildman–Crippen LogP) is 4.05. The Kier molecular flexibility index (Phi) is 4.35. The molecule has 0 bridgehead atoms. The molecule has 0 aliphatic heterocycles. The van der Waals surface area contributed by atoms with Crippen molar-refractivity contribution in [2.75, 3.05) is 0 Å². The number of fused-ring (bicyclic) bond motifs is 1. The average Bonchev–Trinajstić information content (AvgIpc) is 2.85. The molecule has 24 heavy (non-hydrogen) atoms. The van der Waals surface area contributed by atoms with Crippen molar-refractivity contribution < 1.29 is 18.0 Å². The maximum atomic E-state index is 14.1. The number of allylic oxidation sites excluding steroid dienone is 1. The summed E-state index contributed by atoms with van der Waals surface area (Å²) in [6, 6.07) is 7.06. The molecule has 3 aromatic rings. The van der Waals surface area contributed by atoms with Gasteiger partial charge in [-0.1, -0.05) is 23.5 Å². The zero-order chi connectivity index (χ0) is 17.3. The number of carbonyl (C=O) groups is 1. The molecule has 1 aromatic heterocycles. The van der Waals surface area contributed by atoms with Gasteiger partial charge in [0.05, 0.1) is 10.2 Å². The number of carbonyl (C=O) groups excluding carboxylic acids is 1. The van der Waals surface area contributed by atoms with E-state index in [0.29, 0.717) is 4.70 Å². The van der Waals surface area contributed by atoms with Crippen LogP contribution in [0.5, 0.6) is 0 Å². The van der Waals surface area contributed by atoms with E-state index in [4.69, 9.17) is 0 Å². The highest BCUT2D eigenvalue weighted by molar-refractivity contribution is 7.16. The molecule has 0 aliphatic rings. The van der Waals surface area contributed by atoms with E-state index < -0.39 is 23.4 Å². The first-order valence-corrected chi connectivity index (χ1v) is 7.75. The summed E-state index contributed by atoms with van der Waals surface area (Å²) in [4.78, 5) is 16.3. The fraction of sp³-hybridized carbons (Fsp3) is 0.0588. The van der Waals surface area contributed by atoms with E-state index in [1.807, 2.05) is 0 Å². The summed E-state index contributed by atoms with van der Waals surface area (Å²) < 4.78 is 42.5. The molecule has 7 heteroatoms. The monoisotopic (exact) mass is 348 g/mol. The van der Waals surface area contributed by atoms with Crippen LogP contribution in [-0.4, -0.2) is 10.5 Å². The SMILES string of the molecule is C=CCn1c(=NC(=O)c2cccc(F)c2)sc2cc(F)cc(F)c21. The Labute approximate surface area is 139 Å². The first-order valence-electron chi connectivity index (χ1n) is 6.93. The third-order valence-corrected chi connectivity index (χ3v) is 4.30. The highest BCUT2D eigenvalue weighted by Crippen LogP contribution is 2.22. The summed E-state index contributed by atoms with van der Waals surface area (Å²) in [5.41, 5.74) is 0.219. The van der Waals surface area contributed by atoms with Crippen molar-refractivity contribution in [1.29, 1.82) is 0 Å². The first-order chi connectivity index (χ1) is 11.5. The molecule has 3 nitrogen and oxygen atoms in total. The van der Waals surface area contributed by atoms with Crippen LogP contribution in [0.4, 0.5) is 13.2 Å². The van der Waals surface area contributed by atoms with E-state index >= 15 is 0 Å². The number of nitrogens with zero attached hydrogens (tertiary/aromatic N) is 2. The number of aromatic nitrogens is 1. The number of benzene rings is 2. The lowest BCUT2D eigenvalue weighted by Crippen LogP contribution is -2.16. The van der Waals surface area contributed by atoms with Crippen molar-refractivity contribution in [2.45, 2.75) is 6.54 Å². The van der Waals surface area contributed by atoms with Crippen LogP contribution in [0, 0.1) is 17.5 Å². The van der Waals surface area contributed by atoms with Crippen LogP contribution in [0.1, 0.15) is 10.4 Å². The fourth-order valence-corrected chi connectivity index (χ4v) is 3.36. The molecule has 0 radical (unpaired) electrons. The molecule has 3 rings (SSSR count). The minimum absolute atomic E-state index is 0.0734. The number of amides is 1. The Morgan fingerprint density at radius 1 is 1.21 bits per heavy atom. The van der Waals surface area contributed by atoms with Crippen LogP contribution >= 0.6 is 11.3 Å². The van der Waals surface area contributed by atoms with Crippen molar-refractivity contribution in [3.63, 3.8) is 0 Å². The normalized spacial score (nSPS) is 11.9. The standard InChI is InChI=1S/C17H11F3N2OS/c1-2-6-22-15-13(20)8-12(19)9-14(15)24-17(22)21-16(23)10-4-3-5-11(18)7-10/h2-5,7-9H,1,6H2. The number of rotatable bonds is 3. The second kappa shape index (κ2) is 6.45. The Morgan fingerprint density at radius 2 is 2.00 bits per heavy atom. The summed E-state index contributed by atoms with van der Waals surface area (Å²) in [5, 5.41) is 0. The van der Waals surface area contributed by atoms with Gasteiger partial charge in [0.15, 0.2) is 10.6 Å². The molecular formula is C17H11F3N2OS. The second-order valence-corrected chi connectivity index (χ2v) is 5.95. The summed E-state index contributed by atoms with van der Waals surface area (Å²) in [6.07, 6.45) is 1.51. The van der Waals surface area contributed by atoms with Gasteiger partial charge in [0.25, 0.3) is 5.91 Å². The van der Waals surface area contributed by atoms with Crippen LogP contribution in [0.15, 0.2) is 54.0 Å². The number of thiazole rings is 1. The van der Waals surface area contributed by atoms with Gasteiger partial charge in [-0.25, -0.2) is 13.2 Å². The summed E-state index contributed by atoms with van der Waals surface area (Å²) in [5.74, 6) is -2.68. The zero-order valence-electron chi connectivity index (χ0n) is 12.3. The Hall–Kier alpha value is -2.67. The van der Waals surface area contributed by atoms with Gasteiger partial charge in [0.2, 0.25) is 0 Å². The topological polar surface area (TPSA) is 34.4 Å². The van der Waals surface area contributed by atoms with E-state index in [-0.39, 0.29) is 22.4 Å². The van der Waals surface area contributed by atoms with Crippen molar-refractivity contribution in [3.05, 3.63) is 76.9 Å². The quantitative estimate of drug-likeness (QED) is 0.658. The van der Waals surface area contributed by atoms with Gasteiger partial charge >= 0.3 is 0 Å². The van der Waals surface area contributed by atoms with Gasteiger partial charge in [0, 0.05) is 18.2 Å². The minimum atomic E-state index is -0.747. The van der Waals surface area contributed by atoms with Crippen LogP contribution < -0.4 is 4.80 Å². The molecule has 0 spiro atoms. The molecule has 0 saturated carbocycles. The lowest BCUT2D eigenvalue weighted by atomic mass is 10.2. The maximum absolute atomic E-state index is 14.1. The highest BCUT2D eigenvalue weighted by Gasteiger charge is 2.14. The fourth-order valence-electron chi connectivity index (χ4n) is 2.29. The van der Waals surface area contributed by atoms with E-state index in [1.165, 1.54) is 34.9 Å². The number of hydrogen-bond acceptors (Lipinski definition) is 2. The molecule has 0 N–H and O–H groups in total. The van der Waals surface area contributed by atoms with Crippen molar-refractivity contribution >= 4 is 27.5 Å². The van der Waals surface area contributed by atoms with Crippen LogP contribution in [0.25, 0.3) is 10.2 Å². The molecule has 1 amide bonds. The molecule has 0 unspecified atom stereocenters. The summed E-state index contributed by atoms with van der Waals surface area (Å²) >= 11 is 0.973. The van der Waals surface area contributed by atoms with Crippen LogP contribution in [-0.2, 0) is 6.54 Å². The molecule has 0 aliphatic carbocycles. The number of hydrogen-bond donors (Lipinski definition) is 0. The van der Waals surface area contributed by atoms with Gasteiger partial charge in [-0.2, -0.15) is 4.99 Å². The maximum Gasteiger partial charge on any atom is 0.279 e. The van der Waals surface area contributed by atoms with Crippen LogP contribution in [0.2, 0.25) is 0 Å². The van der Waals surface area contributed by atoms with Crippen molar-refractivity contribution in [3.8, 4) is 0 Å². The highest BCUT2D eigenvalue weighted by atomic mass is 32.1. The molecule has 0 atom stereocenters. The smallest absolute Gasteiger partial charge is 0.279 e. The molecule has 122 valence electrons. The third kappa shape index (κ3) is 3.03. The average molecular weight is 348 g/mol. The second-order valence-electron chi connectivity index (χ2n) is 4.95. The lowest BCUT2D eigenvalue weighted by molar-refractivity contribution is 0.0997. The van der Waals surface area contributed by atoms with E-state index in [1.54, 1.807) is 0 Å². The minimum Gasteiger partial charge on any atom is -0.310 e. The largest absolute Gasteiger partial charge is 0.310 e. The van der Waals surface area contributed by atoms with Gasteiger partial charge in [0.1, 0.15) is 11.6 Å². The lowest BCUT2D eigenvalue weighted by Gasteiger charge is -2.02. The third-order valence-electron chi connectivity index (χ3n) is 3.28. The van der Waals surface area contributed by atoms with Gasteiger partial charge < -0.3 is 4.57 Å². The molecular weight excluding hydrogens is 337 g/mol. The number of halogens is 3. The summed E-state index contributed by atoms with van der Waals surface area (Å²) in [6.45, 7) is 3.78. The zero-order valence-corrected chi connectivity index (χ0v) is 13.1. The Bertz CT molecular complexity index is 1020. The van der Waals surface area contributed by atoms with Crippen LogP contribution in [0.3, 0.4) is 0 Å². The van der Waals surface area contributed by atoms with E-state index in [2.05, 4.69) is 11.6 Å². The van der Waals surface area contributed by atoms with Gasteiger partial charge in [-0.3, -0.25) is 4.79 Å². The first kappa shape index (κ1) is 16.2. The van der Waals surface area contributed by atoms with E-state index in [0.717, 1.165) is 23.5 Å². The summed E-state index contributed by atoms with van der Waals surface area (Å²) in [7, 11) is 0. The van der Waals surface area contributed by atoms with E-state index in [9.17, 15) is 18.0 Å². The molecule has 1 heterocycles. The molecule has 0 saturated heterocycles. The van der Waals surface area contributed by atoms with Gasteiger partial charge in [-0.15, -0.1) is 6.58 Å². The molecule has 0 fully saturated rings. The Morgan fingerprint density at radius 3 is 2.71 bits per heavy atom. The molecule has 2 aromatic carbocycles. The van der Waals surface area contributed by atoms with Crippen molar-refractivity contribution in [2.24, 2.45) is 4.99 Å². The predicted molar refractivity (Wildman–Crippen MR) is 86.2 cm³/mol. The Balaban J connectivity index is 2.21.